The first-order valence-corrected chi connectivity index (χ1v) is 8.53. The highest BCUT2D eigenvalue weighted by Gasteiger charge is 2.30. The minimum Gasteiger partial charge on any atom is -0.397 e. The fraction of sp³-hybridized carbons (Fsp3) is 0.400. The zero-order valence-electron chi connectivity index (χ0n) is 11.7. The zero-order chi connectivity index (χ0) is 15.1. The van der Waals surface area contributed by atoms with Crippen LogP contribution < -0.4 is 5.73 Å². The van der Waals surface area contributed by atoms with Crippen LogP contribution in [0.1, 0.15) is 23.0 Å². The van der Waals surface area contributed by atoms with Crippen LogP contribution in [0.25, 0.3) is 10.1 Å². The molecule has 0 bridgehead atoms. The lowest BCUT2D eigenvalue weighted by molar-refractivity contribution is 0.0301. The van der Waals surface area contributed by atoms with Gasteiger partial charge in [0.05, 0.1) is 11.8 Å². The number of benzene rings is 1. The fourth-order valence-electron chi connectivity index (χ4n) is 2.75. The molecular formula is C15H17BrN2O2S. The van der Waals surface area contributed by atoms with Crippen LogP contribution >= 0.6 is 27.3 Å². The second-order valence-corrected chi connectivity index (χ2v) is 7.45. The van der Waals surface area contributed by atoms with E-state index in [0.717, 1.165) is 14.6 Å². The van der Waals surface area contributed by atoms with Crippen LogP contribution in [-0.4, -0.2) is 35.1 Å². The van der Waals surface area contributed by atoms with E-state index in [0.29, 0.717) is 30.1 Å². The Balaban J connectivity index is 1.95. The number of carbonyl (C=O) groups is 1. The molecule has 21 heavy (non-hydrogen) atoms. The summed E-state index contributed by atoms with van der Waals surface area (Å²) >= 11 is 4.93. The summed E-state index contributed by atoms with van der Waals surface area (Å²) in [6.45, 7) is 3.13. The van der Waals surface area contributed by atoms with E-state index >= 15 is 0 Å². The molecule has 1 aliphatic rings. The topological polar surface area (TPSA) is 66.6 Å². The minimum atomic E-state index is -0.317. The molecule has 0 radical (unpaired) electrons. The van der Waals surface area contributed by atoms with Crippen LogP contribution in [0.3, 0.4) is 0 Å². The lowest BCUT2D eigenvalue weighted by atomic mass is 9.96. The van der Waals surface area contributed by atoms with Gasteiger partial charge in [0.25, 0.3) is 5.91 Å². The van der Waals surface area contributed by atoms with Crippen molar-refractivity contribution >= 4 is 48.9 Å². The highest BCUT2D eigenvalue weighted by molar-refractivity contribution is 9.10. The summed E-state index contributed by atoms with van der Waals surface area (Å²) in [6.07, 6.45) is 0.310. The Morgan fingerprint density at radius 2 is 2.29 bits per heavy atom. The van der Waals surface area contributed by atoms with E-state index in [9.17, 15) is 9.90 Å². The minimum absolute atomic E-state index is 0.0284. The molecule has 1 fully saturated rings. The van der Waals surface area contributed by atoms with Gasteiger partial charge < -0.3 is 15.7 Å². The Hall–Kier alpha value is -1.11. The van der Waals surface area contributed by atoms with E-state index < -0.39 is 0 Å². The Kier molecular flexibility index (Phi) is 3.94. The third-order valence-corrected chi connectivity index (χ3v) is 5.86. The van der Waals surface area contributed by atoms with Crippen LogP contribution in [0, 0.1) is 5.92 Å². The number of likely N-dealkylation sites (tertiary alicyclic amines) is 1. The number of fused-ring (bicyclic) bond motifs is 1. The van der Waals surface area contributed by atoms with Gasteiger partial charge in [0.2, 0.25) is 0 Å². The number of halogens is 1. The summed E-state index contributed by atoms with van der Waals surface area (Å²) in [5.74, 6) is 0.0735. The molecule has 3 rings (SSSR count). The molecule has 6 heteroatoms. The lowest BCUT2D eigenvalue weighted by Gasteiger charge is -2.34. The summed E-state index contributed by atoms with van der Waals surface area (Å²) in [4.78, 5) is 15.1. The quantitative estimate of drug-likeness (QED) is 0.812. The molecule has 1 aromatic carbocycles. The number of anilines is 1. The zero-order valence-corrected chi connectivity index (χ0v) is 14.1. The normalized spacial score (nSPS) is 22.7. The van der Waals surface area contributed by atoms with Gasteiger partial charge in [-0.05, 0) is 24.5 Å². The van der Waals surface area contributed by atoms with E-state index in [-0.39, 0.29) is 17.9 Å². The van der Waals surface area contributed by atoms with Crippen molar-refractivity contribution in [2.24, 2.45) is 5.92 Å². The van der Waals surface area contributed by atoms with Gasteiger partial charge in [0.1, 0.15) is 4.88 Å². The maximum absolute atomic E-state index is 12.7. The first kappa shape index (κ1) is 14.8. The Morgan fingerprint density at radius 3 is 2.95 bits per heavy atom. The number of nitrogens with zero attached hydrogens (tertiary/aromatic N) is 1. The largest absolute Gasteiger partial charge is 0.397 e. The molecule has 0 aliphatic carbocycles. The predicted molar refractivity (Wildman–Crippen MR) is 89.6 cm³/mol. The first-order valence-electron chi connectivity index (χ1n) is 6.93. The third kappa shape index (κ3) is 2.56. The molecular weight excluding hydrogens is 352 g/mol. The molecule has 0 saturated carbocycles. The number of rotatable bonds is 1. The average molecular weight is 369 g/mol. The summed E-state index contributed by atoms with van der Waals surface area (Å²) in [5, 5.41) is 10.7. The van der Waals surface area contributed by atoms with Gasteiger partial charge in [-0.3, -0.25) is 4.79 Å². The van der Waals surface area contributed by atoms with Crippen molar-refractivity contribution < 1.29 is 9.90 Å². The van der Waals surface area contributed by atoms with Gasteiger partial charge in [-0.25, -0.2) is 0 Å². The smallest absolute Gasteiger partial charge is 0.266 e. The molecule has 2 heterocycles. The second kappa shape index (κ2) is 5.59. The molecule has 2 atom stereocenters. The Bertz CT molecular complexity index is 700. The van der Waals surface area contributed by atoms with Crippen LogP contribution in [-0.2, 0) is 0 Å². The molecule has 1 aromatic heterocycles. The monoisotopic (exact) mass is 368 g/mol. The molecule has 1 saturated heterocycles. The van der Waals surface area contributed by atoms with Crippen molar-refractivity contribution in [3.8, 4) is 0 Å². The molecule has 3 N–H and O–H groups in total. The van der Waals surface area contributed by atoms with Crippen molar-refractivity contribution in [3.63, 3.8) is 0 Å². The van der Waals surface area contributed by atoms with Crippen molar-refractivity contribution in [2.75, 3.05) is 18.8 Å². The highest BCUT2D eigenvalue weighted by atomic mass is 79.9. The number of piperidine rings is 1. The summed E-state index contributed by atoms with van der Waals surface area (Å²) in [6, 6.07) is 5.84. The maximum Gasteiger partial charge on any atom is 0.266 e. The van der Waals surface area contributed by atoms with Crippen LogP contribution in [0.4, 0.5) is 5.69 Å². The van der Waals surface area contributed by atoms with E-state index in [4.69, 9.17) is 5.73 Å². The molecule has 0 spiro atoms. The second-order valence-electron chi connectivity index (χ2n) is 5.54. The van der Waals surface area contributed by atoms with Gasteiger partial charge >= 0.3 is 0 Å². The number of carbonyl (C=O) groups excluding carboxylic acids is 1. The number of nitrogens with two attached hydrogens (primary N) is 1. The molecule has 4 nitrogen and oxygen atoms in total. The molecule has 2 aromatic rings. The summed E-state index contributed by atoms with van der Waals surface area (Å²) < 4.78 is 1.92. The average Bonchev–Trinajstić information content (AvgIpc) is 2.80. The van der Waals surface area contributed by atoms with Crippen molar-refractivity contribution in [1.82, 2.24) is 4.90 Å². The molecule has 1 amide bonds. The number of thiophene rings is 1. The van der Waals surface area contributed by atoms with Gasteiger partial charge in [-0.2, -0.15) is 0 Å². The standard InChI is InChI=1S/C15H17BrN2O2S/c1-8-7-18(6-5-10(8)19)15(20)14-13(17)12-9(16)3-2-4-11(12)21-14/h2-4,8,10,19H,5-7,17H2,1H3. The number of aliphatic hydroxyl groups is 1. The van der Waals surface area contributed by atoms with E-state index in [1.54, 1.807) is 4.90 Å². The van der Waals surface area contributed by atoms with Crippen molar-refractivity contribution in [2.45, 2.75) is 19.4 Å². The van der Waals surface area contributed by atoms with Crippen LogP contribution in [0.2, 0.25) is 0 Å². The molecule has 112 valence electrons. The maximum atomic E-state index is 12.7. The van der Waals surface area contributed by atoms with Gasteiger partial charge in [-0.1, -0.05) is 28.9 Å². The number of hydrogen-bond acceptors (Lipinski definition) is 4. The number of amides is 1. The Labute approximate surface area is 135 Å². The van der Waals surface area contributed by atoms with Gasteiger partial charge in [0.15, 0.2) is 0 Å². The number of nitrogen functional groups attached to an aromatic ring is 1. The van der Waals surface area contributed by atoms with E-state index in [1.165, 1.54) is 11.3 Å². The third-order valence-electron chi connectivity index (χ3n) is 4.04. The summed E-state index contributed by atoms with van der Waals surface area (Å²) in [7, 11) is 0. The predicted octanol–water partition coefficient (Wildman–Crippen LogP) is 3.09. The van der Waals surface area contributed by atoms with E-state index in [1.807, 2.05) is 25.1 Å². The van der Waals surface area contributed by atoms with Crippen LogP contribution in [0.15, 0.2) is 22.7 Å². The first-order chi connectivity index (χ1) is 9.99. The highest BCUT2D eigenvalue weighted by Crippen LogP contribution is 2.39. The summed E-state index contributed by atoms with van der Waals surface area (Å²) in [5.41, 5.74) is 6.74. The van der Waals surface area contributed by atoms with Gasteiger partial charge in [0, 0.05) is 27.6 Å². The van der Waals surface area contributed by atoms with Crippen molar-refractivity contribution in [1.29, 1.82) is 0 Å². The fourth-order valence-corrected chi connectivity index (χ4v) is 4.58. The Morgan fingerprint density at radius 1 is 1.52 bits per heavy atom. The molecule has 2 unspecified atom stereocenters. The van der Waals surface area contributed by atoms with Crippen LogP contribution in [0.5, 0.6) is 0 Å². The van der Waals surface area contributed by atoms with E-state index in [2.05, 4.69) is 15.9 Å². The van der Waals surface area contributed by atoms with Crippen molar-refractivity contribution in [3.05, 3.63) is 27.5 Å². The van der Waals surface area contributed by atoms with Gasteiger partial charge in [-0.15, -0.1) is 11.3 Å². The number of hydrogen-bond donors (Lipinski definition) is 2. The molecule has 1 aliphatic heterocycles. The number of aliphatic hydroxyl groups excluding tert-OH is 1. The SMILES string of the molecule is CC1CN(C(=O)c2sc3cccc(Br)c3c2N)CCC1O. The lowest BCUT2D eigenvalue weighted by Crippen LogP contribution is -2.44.